The molecule has 0 saturated heterocycles. The highest BCUT2D eigenvalue weighted by Gasteiger charge is 2.21. The number of aromatic amines is 1. The van der Waals surface area contributed by atoms with E-state index in [2.05, 4.69) is 34.9 Å². The number of carbonyl (C=O) groups is 1. The standard InChI is InChI=1S/C37H40N6O3/c1-4-9-25(19-23(3)40-33(44)20-24-11-7-6-8-12-24)29-15-14-28(38)35(41-29)27(10-5-2)37-42-30-17-18-39-34(36(30)43-37)26-13-16-31-32(21-26)46-22-45-31/h4,9-10,13-19,21,24H,1,5-8,11-12,20,22,38H2,2-3H3,(H,40,44)(H,42,43)/b23-19+,25-9+,27-10+. The number of hydrogen-bond donors (Lipinski definition) is 3. The highest BCUT2D eigenvalue weighted by atomic mass is 16.7. The van der Waals surface area contributed by atoms with Crippen LogP contribution >= 0.6 is 0 Å². The zero-order valence-corrected chi connectivity index (χ0v) is 26.4. The molecule has 9 heteroatoms. The molecule has 6 rings (SSSR count). The minimum atomic E-state index is 0.0530. The van der Waals surface area contributed by atoms with Gasteiger partial charge in [-0.15, -0.1) is 0 Å². The van der Waals surface area contributed by atoms with Gasteiger partial charge in [-0.2, -0.15) is 0 Å². The Morgan fingerprint density at radius 2 is 1.93 bits per heavy atom. The summed E-state index contributed by atoms with van der Waals surface area (Å²) < 4.78 is 11.1. The van der Waals surface area contributed by atoms with Gasteiger partial charge in [0.05, 0.1) is 28.3 Å². The van der Waals surface area contributed by atoms with Crippen LogP contribution < -0.4 is 20.5 Å². The summed E-state index contributed by atoms with van der Waals surface area (Å²) in [5, 5.41) is 3.08. The van der Waals surface area contributed by atoms with Crippen molar-refractivity contribution >= 4 is 33.8 Å². The number of rotatable bonds is 10. The van der Waals surface area contributed by atoms with E-state index in [1.54, 1.807) is 12.3 Å². The van der Waals surface area contributed by atoms with Gasteiger partial charge in [0.15, 0.2) is 11.5 Å². The molecule has 1 saturated carbocycles. The van der Waals surface area contributed by atoms with Crippen LogP contribution in [0.1, 0.15) is 76.0 Å². The molecule has 2 aliphatic rings. The highest BCUT2D eigenvalue weighted by Crippen LogP contribution is 2.37. The second-order valence-electron chi connectivity index (χ2n) is 11.8. The first kappa shape index (κ1) is 30.8. The summed E-state index contributed by atoms with van der Waals surface area (Å²) in [6.45, 7) is 8.07. The van der Waals surface area contributed by atoms with E-state index in [4.69, 9.17) is 25.2 Å². The Hall–Kier alpha value is -5.18. The van der Waals surface area contributed by atoms with Gasteiger partial charge < -0.3 is 25.5 Å². The van der Waals surface area contributed by atoms with Gasteiger partial charge in [0.2, 0.25) is 12.7 Å². The maximum absolute atomic E-state index is 12.8. The molecule has 3 aromatic heterocycles. The van der Waals surface area contributed by atoms with Crippen molar-refractivity contribution in [2.24, 2.45) is 5.92 Å². The van der Waals surface area contributed by atoms with E-state index < -0.39 is 0 Å². The lowest BCUT2D eigenvalue weighted by Gasteiger charge is -2.21. The van der Waals surface area contributed by atoms with Crippen LogP contribution in [-0.4, -0.2) is 32.6 Å². The molecule has 4 aromatic rings. The molecule has 9 nitrogen and oxygen atoms in total. The van der Waals surface area contributed by atoms with Crippen molar-refractivity contribution in [3.63, 3.8) is 0 Å². The van der Waals surface area contributed by atoms with Crippen molar-refractivity contribution in [2.75, 3.05) is 12.5 Å². The Labute approximate surface area is 269 Å². The Morgan fingerprint density at radius 3 is 2.74 bits per heavy atom. The molecule has 1 amide bonds. The number of nitrogens with zero attached hydrogens (tertiary/aromatic N) is 3. The lowest BCUT2D eigenvalue weighted by atomic mass is 9.87. The van der Waals surface area contributed by atoms with Crippen molar-refractivity contribution in [1.82, 2.24) is 25.3 Å². The number of amides is 1. The van der Waals surface area contributed by atoms with Crippen molar-refractivity contribution in [3.8, 4) is 22.8 Å². The molecule has 1 aliphatic carbocycles. The van der Waals surface area contributed by atoms with Gasteiger partial charge in [-0.3, -0.25) is 9.78 Å². The Balaban J connectivity index is 1.31. The monoisotopic (exact) mass is 616 g/mol. The van der Waals surface area contributed by atoms with Crippen LogP contribution in [0.3, 0.4) is 0 Å². The number of H-pyrrole nitrogens is 1. The molecule has 4 heterocycles. The van der Waals surface area contributed by atoms with E-state index in [1.165, 1.54) is 19.3 Å². The smallest absolute Gasteiger partial charge is 0.231 e. The average molecular weight is 617 g/mol. The van der Waals surface area contributed by atoms with Crippen LogP contribution in [0.25, 0.3) is 33.4 Å². The second-order valence-corrected chi connectivity index (χ2v) is 11.8. The summed E-state index contributed by atoms with van der Waals surface area (Å²) in [6, 6.07) is 11.4. The number of hydrogen-bond acceptors (Lipinski definition) is 7. The molecule has 1 aromatic carbocycles. The average Bonchev–Trinajstić information content (AvgIpc) is 3.71. The maximum atomic E-state index is 12.8. The number of pyridine rings is 2. The fourth-order valence-electron chi connectivity index (χ4n) is 6.20. The quantitative estimate of drug-likeness (QED) is 0.156. The normalized spacial score (nSPS) is 15.7. The summed E-state index contributed by atoms with van der Waals surface area (Å²) in [6.07, 6.45) is 16.6. The fraction of sp³-hybridized carbons (Fsp3) is 0.297. The summed E-state index contributed by atoms with van der Waals surface area (Å²) in [4.78, 5) is 31.0. The highest BCUT2D eigenvalue weighted by molar-refractivity contribution is 5.93. The fourth-order valence-corrected chi connectivity index (χ4v) is 6.20. The lowest BCUT2D eigenvalue weighted by Crippen LogP contribution is -2.24. The number of fused-ring (bicyclic) bond motifs is 2. The largest absolute Gasteiger partial charge is 0.454 e. The summed E-state index contributed by atoms with van der Waals surface area (Å²) in [5.41, 5.74) is 13.9. The van der Waals surface area contributed by atoms with E-state index in [1.807, 2.05) is 55.5 Å². The number of benzene rings is 1. The van der Waals surface area contributed by atoms with Gasteiger partial charge in [0.1, 0.15) is 11.3 Å². The van der Waals surface area contributed by atoms with Gasteiger partial charge in [-0.25, -0.2) is 9.97 Å². The molecule has 0 spiro atoms. The van der Waals surface area contributed by atoms with Crippen molar-refractivity contribution < 1.29 is 14.3 Å². The molecule has 1 aliphatic heterocycles. The van der Waals surface area contributed by atoms with Gasteiger partial charge in [0, 0.05) is 35.0 Å². The first-order valence-electron chi connectivity index (χ1n) is 16.0. The van der Waals surface area contributed by atoms with Gasteiger partial charge in [0.25, 0.3) is 0 Å². The van der Waals surface area contributed by atoms with Crippen molar-refractivity contribution in [2.45, 2.75) is 58.8 Å². The van der Waals surface area contributed by atoms with Gasteiger partial charge >= 0.3 is 0 Å². The molecule has 0 bridgehead atoms. The predicted molar refractivity (Wildman–Crippen MR) is 183 cm³/mol. The number of nitrogens with one attached hydrogen (secondary N) is 2. The number of nitrogens with two attached hydrogens (primary N) is 1. The van der Waals surface area contributed by atoms with E-state index >= 15 is 0 Å². The van der Waals surface area contributed by atoms with E-state index in [0.29, 0.717) is 46.7 Å². The van der Waals surface area contributed by atoms with Crippen LogP contribution in [0.4, 0.5) is 5.69 Å². The number of imidazole rings is 1. The number of anilines is 1. The van der Waals surface area contributed by atoms with Crippen LogP contribution in [0.2, 0.25) is 0 Å². The first-order valence-corrected chi connectivity index (χ1v) is 16.0. The molecule has 0 radical (unpaired) electrons. The number of carbonyl (C=O) groups excluding carboxylic acids is 1. The van der Waals surface area contributed by atoms with E-state index in [0.717, 1.165) is 58.4 Å². The maximum Gasteiger partial charge on any atom is 0.231 e. The number of nitrogen functional groups attached to an aromatic ring is 1. The van der Waals surface area contributed by atoms with Crippen molar-refractivity contribution in [1.29, 1.82) is 0 Å². The summed E-state index contributed by atoms with van der Waals surface area (Å²) in [7, 11) is 0. The SMILES string of the molecule is C=C/C=C(\C=C(/C)NC(=O)CC1CCCCC1)c1ccc(N)c(/C(=C\CC)c2nc3c(-c4ccc5c(c4)OCO5)nccc3[nH]2)n1. The molecular formula is C37H40N6O3. The summed E-state index contributed by atoms with van der Waals surface area (Å²) >= 11 is 0. The van der Waals surface area contributed by atoms with E-state index in [9.17, 15) is 4.79 Å². The zero-order chi connectivity index (χ0) is 32.0. The third-order valence-electron chi connectivity index (χ3n) is 8.39. The Bertz CT molecular complexity index is 1860. The van der Waals surface area contributed by atoms with Crippen LogP contribution in [0.5, 0.6) is 11.5 Å². The molecule has 0 unspecified atom stereocenters. The number of allylic oxidation sites excluding steroid dienone is 6. The molecule has 46 heavy (non-hydrogen) atoms. The van der Waals surface area contributed by atoms with Crippen LogP contribution in [-0.2, 0) is 4.79 Å². The number of ether oxygens (including phenoxy) is 2. The van der Waals surface area contributed by atoms with E-state index in [-0.39, 0.29) is 12.7 Å². The first-order chi connectivity index (χ1) is 22.4. The predicted octanol–water partition coefficient (Wildman–Crippen LogP) is 7.73. The molecular weight excluding hydrogens is 576 g/mol. The third-order valence-corrected chi connectivity index (χ3v) is 8.39. The lowest BCUT2D eigenvalue weighted by molar-refractivity contribution is -0.121. The Morgan fingerprint density at radius 1 is 1.11 bits per heavy atom. The second kappa shape index (κ2) is 13.9. The van der Waals surface area contributed by atoms with Crippen molar-refractivity contribution in [3.05, 3.63) is 96.4 Å². The zero-order valence-electron chi connectivity index (χ0n) is 26.4. The third kappa shape index (κ3) is 6.73. The molecule has 1 fully saturated rings. The van der Waals surface area contributed by atoms with Crippen LogP contribution in [0.15, 0.2) is 79.2 Å². The minimum Gasteiger partial charge on any atom is -0.454 e. The Kier molecular flexibility index (Phi) is 9.28. The van der Waals surface area contributed by atoms with Gasteiger partial charge in [-0.05, 0) is 74.6 Å². The topological polar surface area (TPSA) is 128 Å². The minimum absolute atomic E-state index is 0.0530. The van der Waals surface area contributed by atoms with Crippen LogP contribution in [0, 0.1) is 5.92 Å². The van der Waals surface area contributed by atoms with Gasteiger partial charge in [-0.1, -0.05) is 51.0 Å². The molecule has 236 valence electrons. The molecule has 4 N–H and O–H groups in total. The number of aromatic nitrogens is 4. The summed E-state index contributed by atoms with van der Waals surface area (Å²) in [5.74, 6) is 2.56. The molecule has 0 atom stereocenters.